The highest BCUT2D eigenvalue weighted by Gasteiger charge is 2.39. The van der Waals surface area contributed by atoms with Crippen LogP contribution in [-0.2, 0) is 27.4 Å². The van der Waals surface area contributed by atoms with Gasteiger partial charge in [0.25, 0.3) is 0 Å². The SMILES string of the molecule is OC1C[C@@H](OCc2ccccc2)[C@H](OCc2ccccc2)[C@@H](CI)O1. The summed E-state index contributed by atoms with van der Waals surface area (Å²) in [4.78, 5) is 0. The van der Waals surface area contributed by atoms with Crippen LogP contribution in [0.15, 0.2) is 60.7 Å². The van der Waals surface area contributed by atoms with Gasteiger partial charge in [-0.1, -0.05) is 83.3 Å². The van der Waals surface area contributed by atoms with Crippen molar-refractivity contribution in [3.63, 3.8) is 0 Å². The molecule has 5 heteroatoms. The van der Waals surface area contributed by atoms with E-state index in [4.69, 9.17) is 14.2 Å². The molecule has 0 aromatic heterocycles. The van der Waals surface area contributed by atoms with E-state index in [0.29, 0.717) is 19.6 Å². The standard InChI is InChI=1S/C20H23IO4/c21-12-18-20(24-14-16-9-5-2-6-10-16)17(11-19(22)25-18)23-13-15-7-3-1-4-8-15/h1-10,17-20,22H,11-14H2/t17-,18-,19?,20+/m1/s1. The third kappa shape index (κ3) is 5.49. The Hall–Kier alpha value is -0.990. The van der Waals surface area contributed by atoms with Crippen LogP contribution in [0.2, 0.25) is 0 Å². The van der Waals surface area contributed by atoms with E-state index >= 15 is 0 Å². The molecule has 1 saturated heterocycles. The lowest BCUT2D eigenvalue weighted by molar-refractivity contribution is -0.249. The van der Waals surface area contributed by atoms with Crippen molar-refractivity contribution >= 4 is 22.6 Å². The van der Waals surface area contributed by atoms with Crippen LogP contribution < -0.4 is 0 Å². The van der Waals surface area contributed by atoms with Gasteiger partial charge in [-0.3, -0.25) is 0 Å². The summed E-state index contributed by atoms with van der Waals surface area (Å²) in [7, 11) is 0. The smallest absolute Gasteiger partial charge is 0.157 e. The molecular formula is C20H23IO4. The van der Waals surface area contributed by atoms with E-state index in [1.54, 1.807) is 0 Å². The fraction of sp³-hybridized carbons (Fsp3) is 0.400. The van der Waals surface area contributed by atoms with Crippen molar-refractivity contribution in [3.8, 4) is 0 Å². The van der Waals surface area contributed by atoms with Crippen molar-refractivity contribution in [2.75, 3.05) is 4.43 Å². The van der Waals surface area contributed by atoms with Gasteiger partial charge in [-0.2, -0.15) is 0 Å². The lowest BCUT2D eigenvalue weighted by atomic mass is 10.0. The molecule has 0 aliphatic carbocycles. The monoisotopic (exact) mass is 454 g/mol. The third-order valence-electron chi connectivity index (χ3n) is 4.24. The molecule has 134 valence electrons. The van der Waals surface area contributed by atoms with Gasteiger partial charge in [0.05, 0.1) is 25.4 Å². The second kappa shape index (κ2) is 9.64. The van der Waals surface area contributed by atoms with Crippen molar-refractivity contribution in [1.82, 2.24) is 0 Å². The molecule has 1 aliphatic heterocycles. The topological polar surface area (TPSA) is 47.9 Å². The number of aliphatic hydroxyl groups excluding tert-OH is 1. The van der Waals surface area contributed by atoms with Crippen LogP contribution in [0.3, 0.4) is 0 Å². The highest BCUT2D eigenvalue weighted by atomic mass is 127. The van der Waals surface area contributed by atoms with Crippen LogP contribution >= 0.6 is 22.6 Å². The Morgan fingerprint density at radius 3 is 2.04 bits per heavy atom. The number of hydrogen-bond donors (Lipinski definition) is 1. The fourth-order valence-electron chi connectivity index (χ4n) is 2.95. The first-order valence-electron chi connectivity index (χ1n) is 8.47. The van der Waals surface area contributed by atoms with E-state index in [1.165, 1.54) is 0 Å². The van der Waals surface area contributed by atoms with Gasteiger partial charge in [0, 0.05) is 10.8 Å². The number of benzene rings is 2. The number of aliphatic hydroxyl groups is 1. The fourth-order valence-corrected chi connectivity index (χ4v) is 3.66. The number of rotatable bonds is 7. The van der Waals surface area contributed by atoms with E-state index in [0.717, 1.165) is 15.6 Å². The van der Waals surface area contributed by atoms with E-state index in [2.05, 4.69) is 22.6 Å². The van der Waals surface area contributed by atoms with Gasteiger partial charge in [-0.25, -0.2) is 0 Å². The number of alkyl halides is 1. The minimum atomic E-state index is -0.808. The lowest BCUT2D eigenvalue weighted by Crippen LogP contribution is -2.51. The van der Waals surface area contributed by atoms with Gasteiger partial charge in [-0.05, 0) is 11.1 Å². The quantitative estimate of drug-likeness (QED) is 0.512. The second-order valence-electron chi connectivity index (χ2n) is 6.12. The minimum Gasteiger partial charge on any atom is -0.371 e. The summed E-state index contributed by atoms with van der Waals surface area (Å²) >= 11 is 2.26. The van der Waals surface area contributed by atoms with Crippen molar-refractivity contribution in [2.45, 2.75) is 44.2 Å². The summed E-state index contributed by atoms with van der Waals surface area (Å²) in [5, 5.41) is 10.0. The van der Waals surface area contributed by atoms with Crippen LogP contribution in [0, 0.1) is 0 Å². The Morgan fingerprint density at radius 2 is 1.48 bits per heavy atom. The molecule has 2 aromatic rings. The average Bonchev–Trinajstić information content (AvgIpc) is 2.66. The van der Waals surface area contributed by atoms with Crippen LogP contribution in [0.4, 0.5) is 0 Å². The Balaban J connectivity index is 1.65. The molecule has 1 heterocycles. The summed E-state index contributed by atoms with van der Waals surface area (Å²) in [5.74, 6) is 0. The summed E-state index contributed by atoms with van der Waals surface area (Å²) in [5.41, 5.74) is 2.22. The van der Waals surface area contributed by atoms with Crippen molar-refractivity contribution in [2.24, 2.45) is 0 Å². The Labute approximate surface area is 162 Å². The average molecular weight is 454 g/mol. The molecule has 2 aromatic carbocycles. The van der Waals surface area contributed by atoms with Gasteiger partial charge >= 0.3 is 0 Å². The van der Waals surface area contributed by atoms with Crippen LogP contribution in [-0.4, -0.2) is 34.1 Å². The van der Waals surface area contributed by atoms with Crippen LogP contribution in [0.1, 0.15) is 17.5 Å². The molecule has 1 fully saturated rings. The van der Waals surface area contributed by atoms with E-state index in [-0.39, 0.29) is 18.3 Å². The highest BCUT2D eigenvalue weighted by Crippen LogP contribution is 2.27. The van der Waals surface area contributed by atoms with E-state index in [1.807, 2.05) is 60.7 Å². The first-order valence-corrected chi connectivity index (χ1v) is 9.99. The first-order chi connectivity index (χ1) is 12.3. The number of ether oxygens (including phenoxy) is 3. The summed E-state index contributed by atoms with van der Waals surface area (Å²) in [6, 6.07) is 20.1. The first kappa shape index (κ1) is 18.8. The van der Waals surface area contributed by atoms with Gasteiger partial charge in [-0.15, -0.1) is 0 Å². The van der Waals surface area contributed by atoms with Gasteiger partial charge in [0.1, 0.15) is 6.10 Å². The maximum absolute atomic E-state index is 10.0. The summed E-state index contributed by atoms with van der Waals surface area (Å²) in [6.07, 6.45) is -0.984. The summed E-state index contributed by atoms with van der Waals surface area (Å²) in [6.45, 7) is 1.00. The molecule has 0 radical (unpaired) electrons. The van der Waals surface area contributed by atoms with E-state index < -0.39 is 6.29 Å². The molecule has 0 amide bonds. The second-order valence-corrected chi connectivity index (χ2v) is 7.00. The molecule has 0 spiro atoms. The largest absolute Gasteiger partial charge is 0.371 e. The molecule has 3 rings (SSSR count). The Bertz CT molecular complexity index is 622. The van der Waals surface area contributed by atoms with Crippen LogP contribution in [0.25, 0.3) is 0 Å². The molecule has 0 saturated carbocycles. The third-order valence-corrected chi connectivity index (χ3v) is 5.11. The van der Waals surface area contributed by atoms with Crippen molar-refractivity contribution in [1.29, 1.82) is 0 Å². The molecule has 1 aliphatic rings. The minimum absolute atomic E-state index is 0.186. The van der Waals surface area contributed by atoms with Crippen molar-refractivity contribution in [3.05, 3.63) is 71.8 Å². The van der Waals surface area contributed by atoms with Gasteiger partial charge in [0.15, 0.2) is 6.29 Å². The molecule has 4 nitrogen and oxygen atoms in total. The predicted molar refractivity (Wildman–Crippen MR) is 104 cm³/mol. The Morgan fingerprint density at radius 1 is 0.920 bits per heavy atom. The molecule has 0 bridgehead atoms. The zero-order valence-corrected chi connectivity index (χ0v) is 16.1. The van der Waals surface area contributed by atoms with Gasteiger partial charge in [0.2, 0.25) is 0 Å². The maximum atomic E-state index is 10.0. The van der Waals surface area contributed by atoms with Gasteiger partial charge < -0.3 is 19.3 Å². The molecule has 1 N–H and O–H groups in total. The molecule has 1 unspecified atom stereocenters. The predicted octanol–water partition coefficient (Wildman–Crippen LogP) is 3.70. The molecular weight excluding hydrogens is 431 g/mol. The number of hydrogen-bond acceptors (Lipinski definition) is 4. The summed E-state index contributed by atoms with van der Waals surface area (Å²) < 4.78 is 18.7. The normalized spacial score (nSPS) is 26.5. The molecule has 25 heavy (non-hydrogen) atoms. The van der Waals surface area contributed by atoms with E-state index in [9.17, 15) is 5.11 Å². The van der Waals surface area contributed by atoms with Crippen LogP contribution in [0.5, 0.6) is 0 Å². The maximum Gasteiger partial charge on any atom is 0.157 e. The zero-order valence-electron chi connectivity index (χ0n) is 14.0. The number of halogens is 1. The highest BCUT2D eigenvalue weighted by molar-refractivity contribution is 14.1. The molecule has 4 atom stereocenters. The lowest BCUT2D eigenvalue weighted by Gasteiger charge is -2.39. The zero-order chi connectivity index (χ0) is 17.5. The van der Waals surface area contributed by atoms with Crippen molar-refractivity contribution < 1.29 is 19.3 Å². The Kier molecular flexibility index (Phi) is 7.24.